The van der Waals surface area contributed by atoms with Crippen LogP contribution in [0.4, 0.5) is 0 Å². The van der Waals surface area contributed by atoms with Crippen LogP contribution in [0.3, 0.4) is 0 Å². The summed E-state index contributed by atoms with van der Waals surface area (Å²) in [6, 6.07) is 0.944. The van der Waals surface area contributed by atoms with E-state index in [0.717, 1.165) is 36.2 Å². The molecular formula is C14H24N4OS. The highest BCUT2D eigenvalue weighted by molar-refractivity contribution is 7.99. The molecule has 2 aliphatic rings. The molecule has 0 bridgehead atoms. The zero-order valence-corrected chi connectivity index (χ0v) is 12.9. The third kappa shape index (κ3) is 3.11. The Bertz CT molecular complexity index is 488. The van der Waals surface area contributed by atoms with Gasteiger partial charge in [-0.3, -0.25) is 4.57 Å². The Labute approximate surface area is 123 Å². The average molecular weight is 296 g/mol. The molecule has 2 saturated carbocycles. The van der Waals surface area contributed by atoms with Crippen molar-refractivity contribution in [2.75, 3.05) is 12.3 Å². The van der Waals surface area contributed by atoms with Gasteiger partial charge >= 0.3 is 5.69 Å². The van der Waals surface area contributed by atoms with Gasteiger partial charge in [0.1, 0.15) is 0 Å². The van der Waals surface area contributed by atoms with Crippen LogP contribution < -0.4 is 11.0 Å². The molecule has 0 saturated heterocycles. The fourth-order valence-corrected chi connectivity index (χ4v) is 4.39. The number of H-pyrrole nitrogens is 1. The van der Waals surface area contributed by atoms with Crippen molar-refractivity contribution in [2.45, 2.75) is 62.7 Å². The minimum absolute atomic E-state index is 0.0455. The van der Waals surface area contributed by atoms with Gasteiger partial charge in [0, 0.05) is 17.8 Å². The van der Waals surface area contributed by atoms with Gasteiger partial charge in [0.2, 0.25) is 0 Å². The third-order valence-corrected chi connectivity index (χ3v) is 5.48. The molecule has 1 atom stereocenters. The second-order valence-electron chi connectivity index (χ2n) is 5.93. The van der Waals surface area contributed by atoms with Crippen molar-refractivity contribution in [2.24, 2.45) is 5.92 Å². The fraction of sp³-hybridized carbons (Fsp3) is 0.857. The topological polar surface area (TPSA) is 62.7 Å². The van der Waals surface area contributed by atoms with E-state index in [1.165, 1.54) is 25.7 Å². The van der Waals surface area contributed by atoms with Crippen LogP contribution >= 0.6 is 11.8 Å². The number of hydrogen-bond acceptors (Lipinski definition) is 4. The molecule has 2 aliphatic carbocycles. The summed E-state index contributed by atoms with van der Waals surface area (Å²) in [6.45, 7) is 3.18. The van der Waals surface area contributed by atoms with E-state index in [4.69, 9.17) is 0 Å². The standard InChI is InChI=1S/C14H24N4OS/c1-2-15-12(10-5-3-4-6-10)9-20-14-17-16-13(19)18(14)11-7-8-11/h10-12,15H,2-9H2,1H3,(H,16,19). The molecule has 0 spiro atoms. The van der Waals surface area contributed by atoms with E-state index in [2.05, 4.69) is 22.4 Å². The molecule has 0 amide bonds. The maximum absolute atomic E-state index is 11.8. The summed E-state index contributed by atoms with van der Waals surface area (Å²) in [5, 5.41) is 11.3. The molecule has 1 aromatic heterocycles. The first-order valence-electron chi connectivity index (χ1n) is 7.82. The van der Waals surface area contributed by atoms with Gasteiger partial charge in [-0.05, 0) is 38.1 Å². The maximum Gasteiger partial charge on any atom is 0.344 e. The molecule has 1 aromatic rings. The zero-order chi connectivity index (χ0) is 13.9. The molecule has 2 fully saturated rings. The van der Waals surface area contributed by atoms with Crippen molar-refractivity contribution in [3.05, 3.63) is 10.5 Å². The molecule has 0 radical (unpaired) electrons. The molecule has 0 aliphatic heterocycles. The number of nitrogens with one attached hydrogen (secondary N) is 2. The van der Waals surface area contributed by atoms with E-state index >= 15 is 0 Å². The highest BCUT2D eigenvalue weighted by Crippen LogP contribution is 2.36. The minimum Gasteiger partial charge on any atom is -0.313 e. The van der Waals surface area contributed by atoms with Crippen LogP contribution in [0.25, 0.3) is 0 Å². The number of aromatic amines is 1. The van der Waals surface area contributed by atoms with Crippen molar-refractivity contribution in [1.29, 1.82) is 0 Å². The van der Waals surface area contributed by atoms with E-state index in [0.29, 0.717) is 12.1 Å². The summed E-state index contributed by atoms with van der Waals surface area (Å²) in [6.07, 6.45) is 7.65. The summed E-state index contributed by atoms with van der Waals surface area (Å²) in [5.74, 6) is 1.80. The highest BCUT2D eigenvalue weighted by Gasteiger charge is 2.30. The Kier molecular flexibility index (Phi) is 4.51. The zero-order valence-electron chi connectivity index (χ0n) is 12.1. The van der Waals surface area contributed by atoms with Crippen molar-refractivity contribution in [3.63, 3.8) is 0 Å². The first-order valence-corrected chi connectivity index (χ1v) is 8.81. The first-order chi connectivity index (χ1) is 9.79. The van der Waals surface area contributed by atoms with Crippen molar-refractivity contribution in [1.82, 2.24) is 20.1 Å². The summed E-state index contributed by atoms with van der Waals surface area (Å²) >= 11 is 1.73. The molecule has 112 valence electrons. The number of thioether (sulfide) groups is 1. The quantitative estimate of drug-likeness (QED) is 0.757. The van der Waals surface area contributed by atoms with Crippen molar-refractivity contribution >= 4 is 11.8 Å². The Hall–Kier alpha value is -0.750. The molecular weight excluding hydrogens is 272 g/mol. The second kappa shape index (κ2) is 6.35. The average Bonchev–Trinajstić information content (AvgIpc) is 3.00. The lowest BCUT2D eigenvalue weighted by molar-refractivity contribution is 0.394. The minimum atomic E-state index is -0.0455. The lowest BCUT2D eigenvalue weighted by Gasteiger charge is -2.23. The van der Waals surface area contributed by atoms with Gasteiger partial charge in [-0.25, -0.2) is 9.89 Å². The molecule has 6 heteroatoms. The summed E-state index contributed by atoms with van der Waals surface area (Å²) < 4.78 is 1.85. The van der Waals surface area contributed by atoms with Crippen LogP contribution in [0, 0.1) is 5.92 Å². The van der Waals surface area contributed by atoms with Gasteiger partial charge in [0.25, 0.3) is 0 Å². The predicted octanol–water partition coefficient (Wildman–Crippen LogP) is 2.17. The molecule has 2 N–H and O–H groups in total. The molecule has 1 unspecified atom stereocenters. The molecule has 0 aromatic carbocycles. The van der Waals surface area contributed by atoms with Crippen LogP contribution in [0.1, 0.15) is 51.5 Å². The second-order valence-corrected chi connectivity index (χ2v) is 6.92. The molecule has 20 heavy (non-hydrogen) atoms. The Morgan fingerprint density at radius 3 is 2.80 bits per heavy atom. The van der Waals surface area contributed by atoms with E-state index in [1.54, 1.807) is 11.8 Å². The van der Waals surface area contributed by atoms with Crippen LogP contribution in [0.2, 0.25) is 0 Å². The molecule has 1 heterocycles. The van der Waals surface area contributed by atoms with Gasteiger partial charge in [0.05, 0.1) is 0 Å². The number of hydrogen-bond donors (Lipinski definition) is 2. The van der Waals surface area contributed by atoms with Crippen molar-refractivity contribution < 1.29 is 0 Å². The van der Waals surface area contributed by atoms with E-state index in [-0.39, 0.29) is 5.69 Å². The Morgan fingerprint density at radius 2 is 2.15 bits per heavy atom. The monoisotopic (exact) mass is 296 g/mol. The largest absolute Gasteiger partial charge is 0.344 e. The van der Waals surface area contributed by atoms with Crippen LogP contribution in [-0.4, -0.2) is 33.1 Å². The highest BCUT2D eigenvalue weighted by atomic mass is 32.2. The summed E-state index contributed by atoms with van der Waals surface area (Å²) in [7, 11) is 0. The van der Waals surface area contributed by atoms with E-state index < -0.39 is 0 Å². The predicted molar refractivity (Wildman–Crippen MR) is 81.3 cm³/mol. The van der Waals surface area contributed by atoms with Crippen LogP contribution in [0.5, 0.6) is 0 Å². The van der Waals surface area contributed by atoms with Gasteiger partial charge < -0.3 is 5.32 Å². The smallest absolute Gasteiger partial charge is 0.313 e. The molecule has 3 rings (SSSR count). The van der Waals surface area contributed by atoms with E-state index in [9.17, 15) is 4.79 Å². The van der Waals surface area contributed by atoms with Crippen LogP contribution in [-0.2, 0) is 0 Å². The van der Waals surface area contributed by atoms with Gasteiger partial charge in [-0.2, -0.15) is 0 Å². The third-order valence-electron chi connectivity index (χ3n) is 4.41. The van der Waals surface area contributed by atoms with Gasteiger partial charge in [-0.1, -0.05) is 31.5 Å². The Morgan fingerprint density at radius 1 is 1.40 bits per heavy atom. The SMILES string of the molecule is CCNC(CSc1n[nH]c(=O)n1C1CC1)C1CCCC1. The maximum atomic E-state index is 11.8. The van der Waals surface area contributed by atoms with Crippen molar-refractivity contribution in [3.8, 4) is 0 Å². The van der Waals surface area contributed by atoms with Gasteiger partial charge in [0.15, 0.2) is 5.16 Å². The van der Waals surface area contributed by atoms with Crippen LogP contribution in [0.15, 0.2) is 9.95 Å². The summed E-state index contributed by atoms with van der Waals surface area (Å²) in [4.78, 5) is 11.8. The Balaban J connectivity index is 1.63. The lowest BCUT2D eigenvalue weighted by atomic mass is 10.00. The molecule has 5 nitrogen and oxygen atoms in total. The normalized spacial score (nSPS) is 21.4. The number of nitrogens with zero attached hydrogens (tertiary/aromatic N) is 2. The fourth-order valence-electron chi connectivity index (χ4n) is 3.19. The first kappa shape index (κ1) is 14.2. The number of rotatable bonds is 7. The van der Waals surface area contributed by atoms with E-state index in [1.807, 2.05) is 4.57 Å². The lowest BCUT2D eigenvalue weighted by Crippen LogP contribution is -2.37. The number of aromatic nitrogens is 3. The summed E-state index contributed by atoms with van der Waals surface area (Å²) in [5.41, 5.74) is -0.0455. The van der Waals surface area contributed by atoms with Gasteiger partial charge in [-0.15, -0.1) is 5.10 Å².